The van der Waals surface area contributed by atoms with Gasteiger partial charge in [0.15, 0.2) is 12.2 Å². The summed E-state index contributed by atoms with van der Waals surface area (Å²) >= 11 is 0. The Kier molecular flexibility index (Phi) is 65.3. The summed E-state index contributed by atoms with van der Waals surface area (Å²) in [7, 11) is -9.92. The van der Waals surface area contributed by atoms with Crippen molar-refractivity contribution in [2.45, 2.75) is 388 Å². The Bertz CT molecular complexity index is 1970. The van der Waals surface area contributed by atoms with Gasteiger partial charge in [0.25, 0.3) is 0 Å². The van der Waals surface area contributed by atoms with Crippen molar-refractivity contribution < 1.29 is 80.2 Å². The summed E-state index contributed by atoms with van der Waals surface area (Å²) in [6.45, 7) is 11.8. The van der Waals surface area contributed by atoms with Crippen molar-refractivity contribution in [2.75, 3.05) is 39.6 Å². The lowest BCUT2D eigenvalue weighted by Crippen LogP contribution is -2.30. The minimum Gasteiger partial charge on any atom is -0.462 e. The molecule has 0 saturated carbocycles. The normalized spacial score (nSPS) is 14.8. The first-order chi connectivity index (χ1) is 46.3. The molecule has 0 radical (unpaired) electrons. The maximum Gasteiger partial charge on any atom is 0.472 e. The third kappa shape index (κ3) is 67.4. The standard InChI is InChI=1S/C77H146O17P2/c1-8-11-12-13-14-15-16-17-22-26-29-32-35-44-51-58-74(79)87-64-73(94-77(82)61-54-47-40-38-43-50-57-70(7)10-3)67-92-96(85,86)90-63-71(78)62-89-95(83,84)91-66-72(65-88-75(80)59-52-45-39-37-42-49-56-69(6)9-2)93-76(81)60-53-46-36-33-30-27-24-21-19-18-20-23-25-28-31-34-41-48-55-68(4)5/h15-17,22,68-73,78H,8-14,18-21,23-67H2,1-7H3,(H,83,84)(H,85,86)/b16-15-,22-17-/t69?,70?,71-,72+,73+/m0/s1. The van der Waals surface area contributed by atoms with Gasteiger partial charge in [-0.2, -0.15) is 0 Å². The molecule has 0 aromatic rings. The second-order valence-electron chi connectivity index (χ2n) is 28.0. The monoisotopic (exact) mass is 1410 g/mol. The summed E-state index contributed by atoms with van der Waals surface area (Å²) in [5.74, 6) is 0.112. The second-order valence-corrected chi connectivity index (χ2v) is 30.9. The van der Waals surface area contributed by atoms with Gasteiger partial charge in [-0.1, -0.05) is 317 Å². The highest BCUT2D eigenvalue weighted by Crippen LogP contribution is 2.45. The van der Waals surface area contributed by atoms with Crippen LogP contribution in [0.2, 0.25) is 0 Å². The van der Waals surface area contributed by atoms with Crippen LogP contribution in [0.25, 0.3) is 0 Å². The highest BCUT2D eigenvalue weighted by Gasteiger charge is 2.30. The number of unbranched alkanes of at least 4 members (excludes halogenated alkanes) is 36. The molecule has 19 heteroatoms. The maximum atomic E-state index is 13.1. The van der Waals surface area contributed by atoms with Gasteiger partial charge in [0.05, 0.1) is 26.4 Å². The first kappa shape index (κ1) is 93.5. The number of ether oxygens (including phenoxy) is 4. The van der Waals surface area contributed by atoms with Crippen molar-refractivity contribution in [1.82, 2.24) is 0 Å². The number of aliphatic hydroxyl groups excluding tert-OH is 1. The van der Waals surface area contributed by atoms with E-state index in [0.717, 1.165) is 127 Å². The minimum absolute atomic E-state index is 0.0959. The number of rotatable bonds is 73. The van der Waals surface area contributed by atoms with Crippen LogP contribution in [0.1, 0.15) is 370 Å². The summed E-state index contributed by atoms with van der Waals surface area (Å²) in [6, 6.07) is 0. The molecule has 0 rings (SSSR count). The Morgan fingerprint density at radius 3 is 0.927 bits per heavy atom. The molecule has 0 spiro atoms. The van der Waals surface area contributed by atoms with Crippen LogP contribution >= 0.6 is 15.6 Å². The zero-order chi connectivity index (χ0) is 70.9. The summed E-state index contributed by atoms with van der Waals surface area (Å²) in [4.78, 5) is 72.7. The lowest BCUT2D eigenvalue weighted by Gasteiger charge is -2.21. The highest BCUT2D eigenvalue weighted by molar-refractivity contribution is 7.47. The van der Waals surface area contributed by atoms with Crippen LogP contribution in [-0.4, -0.2) is 96.7 Å². The van der Waals surface area contributed by atoms with E-state index in [9.17, 15) is 43.2 Å². The van der Waals surface area contributed by atoms with Crippen LogP contribution in [0.3, 0.4) is 0 Å². The molecular weight excluding hydrogens is 1260 g/mol. The average molecular weight is 1410 g/mol. The van der Waals surface area contributed by atoms with E-state index in [2.05, 4.69) is 72.8 Å². The number of aliphatic hydroxyl groups is 1. The number of carbonyl (C=O) groups is 4. The second kappa shape index (κ2) is 67.1. The summed E-state index contributed by atoms with van der Waals surface area (Å²) in [5, 5.41) is 10.6. The van der Waals surface area contributed by atoms with Gasteiger partial charge in [-0.15, -0.1) is 0 Å². The van der Waals surface area contributed by atoms with Crippen molar-refractivity contribution in [3.05, 3.63) is 24.3 Å². The number of allylic oxidation sites excluding steroid dienone is 4. The number of esters is 4. The number of phosphoric acid groups is 2. The molecule has 17 nitrogen and oxygen atoms in total. The fourth-order valence-electron chi connectivity index (χ4n) is 11.2. The third-order valence-corrected chi connectivity index (χ3v) is 19.9. The smallest absolute Gasteiger partial charge is 0.462 e. The van der Waals surface area contributed by atoms with Crippen LogP contribution < -0.4 is 0 Å². The van der Waals surface area contributed by atoms with Gasteiger partial charge in [-0.25, -0.2) is 9.13 Å². The Hall–Kier alpha value is -2.46. The molecule has 0 aliphatic carbocycles. The highest BCUT2D eigenvalue weighted by atomic mass is 31.2. The molecule has 0 aromatic heterocycles. The topological polar surface area (TPSA) is 237 Å². The third-order valence-electron chi connectivity index (χ3n) is 18.0. The zero-order valence-corrected chi connectivity index (χ0v) is 64.1. The van der Waals surface area contributed by atoms with Crippen molar-refractivity contribution >= 4 is 39.5 Å². The van der Waals surface area contributed by atoms with Gasteiger partial charge in [0.1, 0.15) is 19.3 Å². The molecule has 4 unspecified atom stereocenters. The van der Waals surface area contributed by atoms with Gasteiger partial charge in [-0.05, 0) is 69.1 Å². The van der Waals surface area contributed by atoms with Crippen molar-refractivity contribution in [3.63, 3.8) is 0 Å². The molecule has 96 heavy (non-hydrogen) atoms. The Morgan fingerprint density at radius 1 is 0.344 bits per heavy atom. The van der Waals surface area contributed by atoms with Crippen LogP contribution in [-0.2, 0) is 65.4 Å². The predicted molar refractivity (Wildman–Crippen MR) is 390 cm³/mol. The zero-order valence-electron chi connectivity index (χ0n) is 62.3. The Labute approximate surface area is 586 Å². The maximum absolute atomic E-state index is 13.1. The minimum atomic E-state index is -4.96. The van der Waals surface area contributed by atoms with Crippen LogP contribution in [0.5, 0.6) is 0 Å². The quantitative estimate of drug-likeness (QED) is 0.0169. The molecule has 3 N–H and O–H groups in total. The Balaban J connectivity index is 5.20. The fourth-order valence-corrected chi connectivity index (χ4v) is 12.8. The van der Waals surface area contributed by atoms with Gasteiger partial charge in [-0.3, -0.25) is 37.3 Å². The molecule has 0 amide bonds. The van der Waals surface area contributed by atoms with E-state index in [1.807, 2.05) is 0 Å². The van der Waals surface area contributed by atoms with E-state index in [0.29, 0.717) is 31.6 Å². The first-order valence-electron chi connectivity index (χ1n) is 39.2. The van der Waals surface area contributed by atoms with Gasteiger partial charge >= 0.3 is 39.5 Å². The predicted octanol–water partition coefficient (Wildman–Crippen LogP) is 22.1. The van der Waals surface area contributed by atoms with E-state index in [4.69, 9.17) is 37.0 Å². The lowest BCUT2D eigenvalue weighted by molar-refractivity contribution is -0.161. The van der Waals surface area contributed by atoms with E-state index >= 15 is 0 Å². The summed E-state index contributed by atoms with van der Waals surface area (Å²) < 4.78 is 68.4. The van der Waals surface area contributed by atoms with Gasteiger partial charge < -0.3 is 33.8 Å². The van der Waals surface area contributed by atoms with E-state index in [1.165, 1.54) is 154 Å². The molecular formula is C77H146O17P2. The van der Waals surface area contributed by atoms with Gasteiger partial charge in [0.2, 0.25) is 0 Å². The van der Waals surface area contributed by atoms with Crippen molar-refractivity contribution in [1.29, 1.82) is 0 Å². The molecule has 0 saturated heterocycles. The largest absolute Gasteiger partial charge is 0.472 e. The van der Waals surface area contributed by atoms with Crippen molar-refractivity contribution in [2.24, 2.45) is 17.8 Å². The van der Waals surface area contributed by atoms with Crippen LogP contribution in [0, 0.1) is 17.8 Å². The lowest BCUT2D eigenvalue weighted by atomic mass is 10.00. The molecule has 0 aliphatic rings. The number of carbonyl (C=O) groups excluding carboxylic acids is 4. The summed E-state index contributed by atoms with van der Waals surface area (Å²) in [6.07, 6.45) is 56.5. The molecule has 566 valence electrons. The fraction of sp³-hybridized carbons (Fsp3) is 0.896. The van der Waals surface area contributed by atoms with E-state index < -0.39 is 97.5 Å². The first-order valence-corrected chi connectivity index (χ1v) is 42.2. The number of hydrogen-bond donors (Lipinski definition) is 3. The molecule has 7 atom stereocenters. The average Bonchev–Trinajstić information content (AvgIpc) is 3.77. The SMILES string of the molecule is CCCCCC/C=C\C=C/CCCCCCCC(=O)OC[C@H](COP(=O)(O)OC[C@@H](O)COP(=O)(O)OC[C@@H](COC(=O)CCCCCCCCC(C)CC)OC(=O)CCCCCCCCCCCCCCCCCCCCC(C)C)OC(=O)CCCCCCCCC(C)CC. The molecule has 0 bridgehead atoms. The Morgan fingerprint density at radius 2 is 0.615 bits per heavy atom. The molecule has 0 aromatic carbocycles. The number of phosphoric ester groups is 2. The van der Waals surface area contributed by atoms with Crippen LogP contribution in [0.4, 0.5) is 0 Å². The summed E-state index contributed by atoms with van der Waals surface area (Å²) in [5.41, 5.74) is 0. The molecule has 0 heterocycles. The number of hydrogen-bond acceptors (Lipinski definition) is 15. The van der Waals surface area contributed by atoms with E-state index in [1.54, 1.807) is 0 Å². The van der Waals surface area contributed by atoms with Crippen LogP contribution in [0.15, 0.2) is 24.3 Å². The molecule has 0 aliphatic heterocycles. The van der Waals surface area contributed by atoms with Gasteiger partial charge in [0, 0.05) is 25.7 Å². The molecule has 0 fully saturated rings. The van der Waals surface area contributed by atoms with Crippen molar-refractivity contribution in [3.8, 4) is 0 Å². The van der Waals surface area contributed by atoms with E-state index in [-0.39, 0.29) is 25.7 Å².